The average molecular weight is 369 g/mol. The van der Waals surface area contributed by atoms with E-state index in [2.05, 4.69) is 102 Å². The molecular weight excluding hydrogens is 312 g/mol. The second-order valence-corrected chi connectivity index (χ2v) is 9.65. The van der Waals surface area contributed by atoms with Crippen molar-refractivity contribution < 1.29 is 0 Å². The molecule has 0 atom stereocenters. The standard InChI is InChI=1S/C9H18.C8H18.C8H16.CH4/c1-7(2)6-9(5)8(3)4;2*1-7(2)5-6-8(3)4;/h7-8H,5-6H2,1-4H3;7-8H,5-6H2,1-4H3;5-8H,1-4H3;1H4/b;;6-5-;. The summed E-state index contributed by atoms with van der Waals surface area (Å²) in [4.78, 5) is 0. The topological polar surface area (TPSA) is 0 Å². The zero-order valence-electron chi connectivity index (χ0n) is 19.9. The Morgan fingerprint density at radius 3 is 1.04 bits per heavy atom. The Labute approximate surface area is 170 Å². The van der Waals surface area contributed by atoms with Crippen LogP contribution < -0.4 is 0 Å². The molecule has 0 aromatic carbocycles. The minimum absolute atomic E-state index is 0. The molecule has 0 nitrogen and oxygen atoms in total. The summed E-state index contributed by atoms with van der Waals surface area (Å²) in [7, 11) is 0. The summed E-state index contributed by atoms with van der Waals surface area (Å²) in [6, 6.07) is 0. The van der Waals surface area contributed by atoms with Crippen LogP contribution in [0.2, 0.25) is 0 Å². The molecule has 0 amide bonds. The van der Waals surface area contributed by atoms with Crippen LogP contribution in [0.15, 0.2) is 24.3 Å². The summed E-state index contributed by atoms with van der Waals surface area (Å²) in [5, 5.41) is 0. The molecule has 0 heterocycles. The second kappa shape index (κ2) is 20.8. The van der Waals surface area contributed by atoms with E-state index in [1.165, 1.54) is 24.8 Å². The molecule has 0 rings (SSSR count). The predicted molar refractivity (Wildman–Crippen MR) is 128 cm³/mol. The Morgan fingerprint density at radius 1 is 0.615 bits per heavy atom. The zero-order chi connectivity index (χ0) is 20.6. The Bertz CT molecular complexity index is 282. The number of allylic oxidation sites excluding steroid dienone is 3. The van der Waals surface area contributed by atoms with Gasteiger partial charge in [-0.15, -0.1) is 0 Å². The van der Waals surface area contributed by atoms with Gasteiger partial charge in [-0.1, -0.05) is 128 Å². The van der Waals surface area contributed by atoms with Gasteiger partial charge in [-0.3, -0.25) is 0 Å². The first kappa shape index (κ1) is 33.1. The Balaban J connectivity index is -0.000000137. The SMILES string of the molecule is C.C=C(CC(C)C)C(C)C.CC(C)/C=C\C(C)C.CC(C)CCC(C)C. The smallest absolute Gasteiger partial charge is 0.0263 e. The first-order valence-corrected chi connectivity index (χ1v) is 10.6. The molecule has 0 heteroatoms. The van der Waals surface area contributed by atoms with E-state index in [1.807, 2.05) is 0 Å². The highest BCUT2D eigenvalue weighted by Crippen LogP contribution is 2.16. The quantitative estimate of drug-likeness (QED) is 0.374. The molecule has 0 aliphatic carbocycles. The van der Waals surface area contributed by atoms with Crippen molar-refractivity contribution in [1.82, 2.24) is 0 Å². The van der Waals surface area contributed by atoms with Crippen molar-refractivity contribution in [2.75, 3.05) is 0 Å². The summed E-state index contributed by atoms with van der Waals surface area (Å²) in [5.41, 5.74) is 1.38. The van der Waals surface area contributed by atoms with Crippen molar-refractivity contribution in [3.8, 4) is 0 Å². The summed E-state index contributed by atoms with van der Waals surface area (Å²) in [6.45, 7) is 30.7. The van der Waals surface area contributed by atoms with Crippen LogP contribution in [0.4, 0.5) is 0 Å². The van der Waals surface area contributed by atoms with Crippen molar-refractivity contribution in [2.24, 2.45) is 35.5 Å². The molecule has 0 aliphatic heterocycles. The van der Waals surface area contributed by atoms with Gasteiger partial charge in [0.15, 0.2) is 0 Å². The summed E-state index contributed by atoms with van der Waals surface area (Å²) >= 11 is 0. The number of rotatable bonds is 8. The molecule has 0 aromatic heterocycles. The number of hydrogen-bond acceptors (Lipinski definition) is 0. The molecule has 0 bridgehead atoms. The molecular formula is C26H56. The van der Waals surface area contributed by atoms with Gasteiger partial charge in [0, 0.05) is 0 Å². The van der Waals surface area contributed by atoms with Gasteiger partial charge in [0.25, 0.3) is 0 Å². The van der Waals surface area contributed by atoms with Crippen LogP contribution in [-0.2, 0) is 0 Å². The van der Waals surface area contributed by atoms with E-state index in [0.29, 0.717) is 17.8 Å². The maximum atomic E-state index is 3.99. The normalized spacial score (nSPS) is 11.0. The Hall–Kier alpha value is -0.520. The van der Waals surface area contributed by atoms with Crippen LogP contribution in [0.3, 0.4) is 0 Å². The molecule has 0 spiro atoms. The zero-order valence-corrected chi connectivity index (χ0v) is 19.9. The lowest BCUT2D eigenvalue weighted by atomic mass is 9.96. The van der Waals surface area contributed by atoms with E-state index in [1.54, 1.807) is 0 Å². The van der Waals surface area contributed by atoms with Gasteiger partial charge in [-0.2, -0.15) is 0 Å². The highest BCUT2D eigenvalue weighted by molar-refractivity contribution is 4.97. The molecule has 160 valence electrons. The van der Waals surface area contributed by atoms with E-state index in [9.17, 15) is 0 Å². The van der Waals surface area contributed by atoms with Crippen LogP contribution in [0, 0.1) is 35.5 Å². The van der Waals surface area contributed by atoms with Crippen molar-refractivity contribution in [2.45, 2.75) is 110 Å². The van der Waals surface area contributed by atoms with E-state index < -0.39 is 0 Å². The first-order chi connectivity index (χ1) is 11.3. The lowest BCUT2D eigenvalue weighted by molar-refractivity contribution is 0.476. The van der Waals surface area contributed by atoms with E-state index in [0.717, 1.165) is 17.8 Å². The minimum Gasteiger partial charge on any atom is -0.0996 e. The summed E-state index contributed by atoms with van der Waals surface area (Å²) < 4.78 is 0. The van der Waals surface area contributed by atoms with Gasteiger partial charge in [0.05, 0.1) is 0 Å². The molecule has 0 radical (unpaired) electrons. The molecule has 0 aromatic rings. The Morgan fingerprint density at radius 2 is 0.923 bits per heavy atom. The number of hydrogen-bond donors (Lipinski definition) is 0. The van der Waals surface area contributed by atoms with E-state index in [4.69, 9.17) is 0 Å². The molecule has 0 unspecified atom stereocenters. The largest absolute Gasteiger partial charge is 0.0996 e. The third-order valence-corrected chi connectivity index (χ3v) is 3.69. The minimum atomic E-state index is 0. The van der Waals surface area contributed by atoms with Crippen molar-refractivity contribution in [3.63, 3.8) is 0 Å². The third kappa shape index (κ3) is 38.8. The highest BCUT2D eigenvalue weighted by Gasteiger charge is 2.01. The fourth-order valence-corrected chi connectivity index (χ4v) is 1.87. The van der Waals surface area contributed by atoms with Gasteiger partial charge in [-0.25, -0.2) is 0 Å². The van der Waals surface area contributed by atoms with Gasteiger partial charge in [-0.05, 0) is 41.9 Å². The van der Waals surface area contributed by atoms with Gasteiger partial charge in [0.2, 0.25) is 0 Å². The van der Waals surface area contributed by atoms with Crippen LogP contribution >= 0.6 is 0 Å². The van der Waals surface area contributed by atoms with Crippen molar-refractivity contribution in [3.05, 3.63) is 24.3 Å². The lowest BCUT2D eigenvalue weighted by Gasteiger charge is -2.10. The first-order valence-electron chi connectivity index (χ1n) is 10.6. The lowest BCUT2D eigenvalue weighted by Crippen LogP contribution is -1.96. The molecule has 0 aliphatic rings. The monoisotopic (exact) mass is 368 g/mol. The van der Waals surface area contributed by atoms with Crippen LogP contribution in [0.25, 0.3) is 0 Å². The van der Waals surface area contributed by atoms with Crippen LogP contribution in [0.5, 0.6) is 0 Å². The Kier molecular flexibility index (Phi) is 26.5. The second-order valence-electron chi connectivity index (χ2n) is 9.65. The predicted octanol–water partition coefficient (Wildman–Crippen LogP) is 9.81. The summed E-state index contributed by atoms with van der Waals surface area (Å²) in [6.07, 6.45) is 8.43. The fourth-order valence-electron chi connectivity index (χ4n) is 1.87. The third-order valence-electron chi connectivity index (χ3n) is 3.69. The average Bonchev–Trinajstić information content (AvgIpc) is 2.43. The van der Waals surface area contributed by atoms with Gasteiger partial charge >= 0.3 is 0 Å². The van der Waals surface area contributed by atoms with E-state index >= 15 is 0 Å². The highest BCUT2D eigenvalue weighted by atomic mass is 14.1. The van der Waals surface area contributed by atoms with Crippen LogP contribution in [-0.4, -0.2) is 0 Å². The van der Waals surface area contributed by atoms with Crippen molar-refractivity contribution in [1.29, 1.82) is 0 Å². The molecule has 0 fully saturated rings. The van der Waals surface area contributed by atoms with Gasteiger partial charge < -0.3 is 0 Å². The summed E-state index contributed by atoms with van der Waals surface area (Å²) in [5.74, 6) is 4.61. The maximum Gasteiger partial charge on any atom is -0.0263 e. The van der Waals surface area contributed by atoms with E-state index in [-0.39, 0.29) is 7.43 Å². The van der Waals surface area contributed by atoms with Crippen molar-refractivity contribution >= 4 is 0 Å². The van der Waals surface area contributed by atoms with Crippen LogP contribution in [0.1, 0.15) is 110 Å². The molecule has 0 saturated carbocycles. The van der Waals surface area contributed by atoms with Gasteiger partial charge in [0.1, 0.15) is 0 Å². The molecule has 0 N–H and O–H groups in total. The molecule has 26 heavy (non-hydrogen) atoms. The maximum absolute atomic E-state index is 3.99. The molecule has 0 saturated heterocycles. The fraction of sp³-hybridized carbons (Fsp3) is 0.846.